The molecule has 0 aliphatic heterocycles. The molecule has 6 nitrogen and oxygen atoms in total. The topological polar surface area (TPSA) is 90.6 Å². The number of phenolic OH excluding ortho intramolecular Hbond substituents is 1. The van der Waals surface area contributed by atoms with Crippen LogP contribution in [0.4, 0.5) is 0 Å². The van der Waals surface area contributed by atoms with Gasteiger partial charge in [-0.2, -0.15) is 0 Å². The van der Waals surface area contributed by atoms with Gasteiger partial charge in [0.15, 0.2) is 11.5 Å². The Bertz CT molecular complexity index is 1140. The number of aromatic amines is 1. The fourth-order valence-corrected chi connectivity index (χ4v) is 5.70. The SMILES string of the molecule is CCCCc1ccc(CCc2ccc(O)c(OCC3(c4cc(C(C)CNCC(C)O)c[nH]4)CCCCC3)c2)o1. The standard InChI is InChI=1S/C33H48N2O4/c1-4-5-9-28-13-14-29(39-28)12-10-26-11-15-30(37)31(18-26)38-23-33(16-7-6-8-17-33)32-19-27(22-35-32)24(2)20-34-21-25(3)36/h11,13-15,18-19,22,24-25,34-37H,4-10,12,16-17,20-21,23H2,1-3H3. The number of aromatic nitrogens is 1. The molecule has 0 radical (unpaired) electrons. The van der Waals surface area contributed by atoms with Gasteiger partial charge in [0.05, 0.1) is 12.7 Å². The summed E-state index contributed by atoms with van der Waals surface area (Å²) in [7, 11) is 0. The highest BCUT2D eigenvalue weighted by Crippen LogP contribution is 2.41. The van der Waals surface area contributed by atoms with Crippen LogP contribution in [0.3, 0.4) is 0 Å². The first-order chi connectivity index (χ1) is 18.9. The van der Waals surface area contributed by atoms with E-state index in [0.717, 1.165) is 62.2 Å². The average molecular weight is 537 g/mol. The molecule has 4 N–H and O–H groups in total. The number of rotatable bonds is 15. The lowest BCUT2D eigenvalue weighted by Gasteiger charge is -2.36. The first-order valence-electron chi connectivity index (χ1n) is 15.0. The van der Waals surface area contributed by atoms with Crippen LogP contribution in [0.2, 0.25) is 0 Å². The van der Waals surface area contributed by atoms with Crippen molar-refractivity contribution in [3.05, 3.63) is 70.9 Å². The Balaban J connectivity index is 1.40. The lowest BCUT2D eigenvalue weighted by Crippen LogP contribution is -2.36. The highest BCUT2D eigenvalue weighted by molar-refractivity contribution is 5.42. The van der Waals surface area contributed by atoms with Crippen molar-refractivity contribution in [3.63, 3.8) is 0 Å². The molecule has 1 aliphatic rings. The van der Waals surface area contributed by atoms with Crippen molar-refractivity contribution in [1.82, 2.24) is 10.3 Å². The normalized spacial score (nSPS) is 16.7. The molecule has 0 bridgehead atoms. The summed E-state index contributed by atoms with van der Waals surface area (Å²) >= 11 is 0. The Morgan fingerprint density at radius 3 is 2.51 bits per heavy atom. The van der Waals surface area contributed by atoms with Gasteiger partial charge in [0, 0.05) is 43.2 Å². The van der Waals surface area contributed by atoms with E-state index in [1.54, 1.807) is 13.0 Å². The van der Waals surface area contributed by atoms with E-state index in [9.17, 15) is 10.2 Å². The fourth-order valence-electron chi connectivity index (χ4n) is 5.70. The molecule has 6 heteroatoms. The van der Waals surface area contributed by atoms with Gasteiger partial charge in [-0.1, -0.05) is 45.6 Å². The number of nitrogens with one attached hydrogen (secondary N) is 2. The van der Waals surface area contributed by atoms with Crippen LogP contribution in [0.1, 0.15) is 100.0 Å². The number of aromatic hydroxyl groups is 1. The number of ether oxygens (including phenoxy) is 1. The molecule has 0 amide bonds. The molecule has 1 saturated carbocycles. The second kappa shape index (κ2) is 14.1. The van der Waals surface area contributed by atoms with E-state index in [1.165, 1.54) is 36.9 Å². The van der Waals surface area contributed by atoms with Crippen LogP contribution in [0.25, 0.3) is 0 Å². The molecule has 2 aromatic heterocycles. The van der Waals surface area contributed by atoms with Crippen molar-refractivity contribution in [3.8, 4) is 11.5 Å². The van der Waals surface area contributed by atoms with Gasteiger partial charge in [-0.3, -0.25) is 0 Å². The van der Waals surface area contributed by atoms with Gasteiger partial charge in [0.2, 0.25) is 0 Å². The molecule has 39 heavy (non-hydrogen) atoms. The number of hydrogen-bond donors (Lipinski definition) is 4. The summed E-state index contributed by atoms with van der Waals surface area (Å²) in [5.41, 5.74) is 3.54. The van der Waals surface area contributed by atoms with E-state index in [0.29, 0.717) is 24.8 Å². The summed E-state index contributed by atoms with van der Waals surface area (Å²) in [6.07, 6.45) is 12.5. The first-order valence-corrected chi connectivity index (χ1v) is 15.0. The maximum atomic E-state index is 10.6. The monoisotopic (exact) mass is 536 g/mol. The number of benzene rings is 1. The Morgan fingerprint density at radius 2 is 1.77 bits per heavy atom. The molecule has 2 unspecified atom stereocenters. The van der Waals surface area contributed by atoms with Gasteiger partial charge in [-0.15, -0.1) is 0 Å². The second-order valence-corrected chi connectivity index (χ2v) is 11.7. The number of aliphatic hydroxyl groups excluding tert-OH is 1. The van der Waals surface area contributed by atoms with E-state index in [1.807, 2.05) is 12.1 Å². The fraction of sp³-hybridized carbons (Fsp3) is 0.576. The van der Waals surface area contributed by atoms with Crippen molar-refractivity contribution in [2.24, 2.45) is 0 Å². The van der Waals surface area contributed by atoms with Crippen molar-refractivity contribution in [1.29, 1.82) is 0 Å². The smallest absolute Gasteiger partial charge is 0.161 e. The Hall–Kier alpha value is -2.70. The molecular formula is C33H48N2O4. The minimum Gasteiger partial charge on any atom is -0.504 e. The molecule has 1 aromatic carbocycles. The second-order valence-electron chi connectivity index (χ2n) is 11.7. The van der Waals surface area contributed by atoms with Crippen molar-refractivity contribution in [2.45, 2.75) is 102 Å². The third kappa shape index (κ3) is 8.15. The van der Waals surface area contributed by atoms with Crippen LogP contribution in [0.5, 0.6) is 11.5 Å². The predicted octanol–water partition coefficient (Wildman–Crippen LogP) is 6.80. The van der Waals surface area contributed by atoms with Crippen LogP contribution < -0.4 is 10.1 Å². The van der Waals surface area contributed by atoms with E-state index < -0.39 is 0 Å². The Labute approximate surface area is 234 Å². The highest BCUT2D eigenvalue weighted by atomic mass is 16.5. The van der Waals surface area contributed by atoms with Crippen LogP contribution in [-0.4, -0.2) is 41.0 Å². The van der Waals surface area contributed by atoms with Gasteiger partial charge >= 0.3 is 0 Å². The zero-order valence-electron chi connectivity index (χ0n) is 24.1. The van der Waals surface area contributed by atoms with Crippen LogP contribution in [0, 0.1) is 0 Å². The molecule has 1 aliphatic carbocycles. The number of aliphatic hydroxyl groups is 1. The maximum absolute atomic E-state index is 10.6. The summed E-state index contributed by atoms with van der Waals surface area (Å²) in [6.45, 7) is 8.17. The van der Waals surface area contributed by atoms with Crippen LogP contribution >= 0.6 is 0 Å². The molecule has 2 atom stereocenters. The van der Waals surface area contributed by atoms with Crippen molar-refractivity contribution in [2.75, 3.05) is 19.7 Å². The summed E-state index contributed by atoms with van der Waals surface area (Å²) < 4.78 is 12.4. The average Bonchev–Trinajstić information content (AvgIpc) is 3.61. The largest absolute Gasteiger partial charge is 0.504 e. The number of aryl methyl sites for hydroxylation is 3. The molecular weight excluding hydrogens is 488 g/mol. The van der Waals surface area contributed by atoms with Crippen molar-refractivity contribution < 1.29 is 19.4 Å². The number of furan rings is 1. The van der Waals surface area contributed by atoms with E-state index in [4.69, 9.17) is 9.15 Å². The molecule has 3 aromatic rings. The van der Waals surface area contributed by atoms with Gasteiger partial charge in [0.1, 0.15) is 11.5 Å². The van der Waals surface area contributed by atoms with Gasteiger partial charge in [-0.25, -0.2) is 0 Å². The van der Waals surface area contributed by atoms with Gasteiger partial charge in [-0.05, 0) is 80.0 Å². The molecule has 0 spiro atoms. The van der Waals surface area contributed by atoms with Crippen molar-refractivity contribution >= 4 is 0 Å². The van der Waals surface area contributed by atoms with Gasteiger partial charge < -0.3 is 29.7 Å². The molecule has 0 saturated heterocycles. The van der Waals surface area contributed by atoms with Gasteiger partial charge in [0.25, 0.3) is 0 Å². The summed E-state index contributed by atoms with van der Waals surface area (Å²) in [5.74, 6) is 3.17. The minimum absolute atomic E-state index is 0.0885. The molecule has 214 valence electrons. The third-order valence-electron chi connectivity index (χ3n) is 8.23. The number of hydrogen-bond acceptors (Lipinski definition) is 5. The Kier molecular flexibility index (Phi) is 10.6. The molecule has 1 fully saturated rings. The van der Waals surface area contributed by atoms with E-state index in [2.05, 4.69) is 48.5 Å². The van der Waals surface area contributed by atoms with E-state index >= 15 is 0 Å². The Morgan fingerprint density at radius 1 is 1.00 bits per heavy atom. The molecule has 2 heterocycles. The predicted molar refractivity (Wildman–Crippen MR) is 157 cm³/mol. The summed E-state index contributed by atoms with van der Waals surface area (Å²) in [6, 6.07) is 12.2. The third-order valence-corrected chi connectivity index (χ3v) is 8.23. The van der Waals surface area contributed by atoms with E-state index in [-0.39, 0.29) is 17.3 Å². The maximum Gasteiger partial charge on any atom is 0.161 e. The lowest BCUT2D eigenvalue weighted by molar-refractivity contribution is 0.162. The summed E-state index contributed by atoms with van der Waals surface area (Å²) in [4.78, 5) is 3.58. The number of phenols is 1. The highest BCUT2D eigenvalue weighted by Gasteiger charge is 2.36. The zero-order chi connectivity index (χ0) is 27.7. The lowest BCUT2D eigenvalue weighted by atomic mass is 9.72. The quantitative estimate of drug-likeness (QED) is 0.172. The summed E-state index contributed by atoms with van der Waals surface area (Å²) in [5, 5.41) is 23.5. The van der Waals surface area contributed by atoms with Crippen LogP contribution in [0.15, 0.2) is 47.0 Å². The molecule has 4 rings (SSSR count). The number of unbranched alkanes of at least 4 members (excludes halogenated alkanes) is 1. The zero-order valence-corrected chi connectivity index (χ0v) is 24.1. The minimum atomic E-state index is -0.342. The first kappa shape index (κ1) is 29.3. The van der Waals surface area contributed by atoms with Crippen LogP contribution in [-0.2, 0) is 24.7 Å². The number of H-pyrrole nitrogens is 1.